The Hall–Kier alpha value is -2.12. The van der Waals surface area contributed by atoms with Gasteiger partial charge in [0.25, 0.3) is 0 Å². The molecule has 1 unspecified atom stereocenters. The van der Waals surface area contributed by atoms with Crippen LogP contribution in [-0.2, 0) is 10.6 Å². The molecule has 0 bridgehead atoms. The Labute approximate surface area is 131 Å². The van der Waals surface area contributed by atoms with E-state index in [-0.39, 0.29) is 18.5 Å². The second kappa shape index (κ2) is 5.94. The number of anilines is 1. The van der Waals surface area contributed by atoms with E-state index in [4.69, 9.17) is 22.1 Å². The van der Waals surface area contributed by atoms with Crippen molar-refractivity contribution in [2.24, 2.45) is 5.73 Å². The molecule has 0 saturated carbocycles. The largest absolute Gasteiger partial charge is 0.443 e. The summed E-state index contributed by atoms with van der Waals surface area (Å²) < 4.78 is 20.9. The maximum absolute atomic E-state index is 14.3. The summed E-state index contributed by atoms with van der Waals surface area (Å²) in [5.74, 6) is -0.215. The highest BCUT2D eigenvalue weighted by atomic mass is 35.5. The molecule has 1 fully saturated rings. The van der Waals surface area contributed by atoms with Crippen molar-refractivity contribution in [2.45, 2.75) is 12.0 Å². The number of aromatic nitrogens is 2. The summed E-state index contributed by atoms with van der Waals surface area (Å²) in [6.07, 6.45) is 2.26. The van der Waals surface area contributed by atoms with Crippen LogP contribution in [0.1, 0.15) is 5.69 Å². The van der Waals surface area contributed by atoms with Gasteiger partial charge in [-0.15, -0.1) is 11.6 Å². The topological polar surface area (TPSA) is 73.4 Å². The minimum atomic E-state index is -0.519. The first-order valence-corrected chi connectivity index (χ1v) is 7.22. The van der Waals surface area contributed by atoms with Crippen LogP contribution in [0, 0.1) is 5.82 Å². The Morgan fingerprint density at radius 2 is 2.32 bits per heavy atom. The average molecular weight is 325 g/mol. The van der Waals surface area contributed by atoms with Gasteiger partial charge in [0, 0.05) is 12.7 Å². The van der Waals surface area contributed by atoms with Gasteiger partial charge in [0.15, 0.2) is 0 Å². The number of ether oxygens (including phenoxy) is 1. The van der Waals surface area contributed by atoms with Crippen LogP contribution in [0.3, 0.4) is 0 Å². The van der Waals surface area contributed by atoms with E-state index >= 15 is 0 Å². The smallest absolute Gasteiger partial charge is 0.414 e. The molecule has 0 aliphatic carbocycles. The molecule has 22 heavy (non-hydrogen) atoms. The van der Waals surface area contributed by atoms with Crippen LogP contribution < -0.4 is 10.6 Å². The monoisotopic (exact) mass is 324 g/mol. The van der Waals surface area contributed by atoms with E-state index in [1.165, 1.54) is 17.3 Å². The number of benzene rings is 1. The quantitative estimate of drug-likeness (QED) is 0.873. The highest BCUT2D eigenvalue weighted by Crippen LogP contribution is 2.25. The number of halogens is 2. The molecule has 1 aromatic carbocycles. The van der Waals surface area contributed by atoms with Crippen LogP contribution >= 0.6 is 11.6 Å². The number of amides is 1. The molecule has 1 atom stereocenters. The van der Waals surface area contributed by atoms with E-state index in [0.717, 1.165) is 0 Å². The number of imidazole rings is 1. The van der Waals surface area contributed by atoms with Crippen LogP contribution in [0.4, 0.5) is 14.9 Å². The molecule has 0 spiro atoms. The van der Waals surface area contributed by atoms with Gasteiger partial charge in [0.2, 0.25) is 0 Å². The number of carbonyl (C=O) groups excluding carboxylic acids is 1. The van der Waals surface area contributed by atoms with Crippen molar-refractivity contribution in [2.75, 3.05) is 18.0 Å². The molecule has 2 heterocycles. The summed E-state index contributed by atoms with van der Waals surface area (Å²) in [7, 11) is 0. The summed E-state index contributed by atoms with van der Waals surface area (Å²) in [5, 5.41) is 0. The van der Waals surface area contributed by atoms with E-state index in [0.29, 0.717) is 23.6 Å². The molecule has 1 aliphatic rings. The summed E-state index contributed by atoms with van der Waals surface area (Å²) in [6.45, 7) is 0.550. The van der Waals surface area contributed by atoms with Crippen molar-refractivity contribution in [1.82, 2.24) is 9.55 Å². The van der Waals surface area contributed by atoms with E-state index < -0.39 is 11.9 Å². The van der Waals surface area contributed by atoms with E-state index in [1.54, 1.807) is 22.9 Å². The van der Waals surface area contributed by atoms with E-state index in [9.17, 15) is 9.18 Å². The lowest BCUT2D eigenvalue weighted by molar-refractivity contribution is 0.145. The zero-order valence-corrected chi connectivity index (χ0v) is 12.3. The second-order valence-electron chi connectivity index (χ2n) is 4.89. The van der Waals surface area contributed by atoms with Crippen molar-refractivity contribution in [3.8, 4) is 5.69 Å². The number of hydrogen-bond acceptors (Lipinski definition) is 4. The molecule has 8 heteroatoms. The van der Waals surface area contributed by atoms with Gasteiger partial charge in [-0.25, -0.2) is 14.2 Å². The lowest BCUT2D eigenvalue weighted by Crippen LogP contribution is -2.27. The number of nitrogens with two attached hydrogens (primary N) is 1. The van der Waals surface area contributed by atoms with Gasteiger partial charge < -0.3 is 15.0 Å². The van der Waals surface area contributed by atoms with Crippen molar-refractivity contribution in [3.05, 3.63) is 42.2 Å². The number of rotatable bonds is 4. The molecule has 6 nitrogen and oxygen atoms in total. The van der Waals surface area contributed by atoms with Gasteiger partial charge in [-0.1, -0.05) is 0 Å². The van der Waals surface area contributed by atoms with Crippen molar-refractivity contribution < 1.29 is 13.9 Å². The van der Waals surface area contributed by atoms with Crippen LogP contribution in [-0.4, -0.2) is 34.8 Å². The second-order valence-corrected chi connectivity index (χ2v) is 5.16. The average Bonchev–Trinajstić information content (AvgIpc) is 3.13. The Morgan fingerprint density at radius 3 is 2.91 bits per heavy atom. The molecule has 2 N–H and O–H groups in total. The molecule has 0 radical (unpaired) electrons. The molecule has 3 rings (SSSR count). The number of carbonyl (C=O) groups is 1. The van der Waals surface area contributed by atoms with E-state index in [2.05, 4.69) is 4.98 Å². The fourth-order valence-electron chi connectivity index (χ4n) is 2.29. The Balaban J connectivity index is 1.88. The molecule has 1 aliphatic heterocycles. The number of cyclic esters (lactones) is 1. The maximum atomic E-state index is 14.3. The fraction of sp³-hybridized carbons (Fsp3) is 0.286. The van der Waals surface area contributed by atoms with Gasteiger partial charge in [-0.05, 0) is 18.2 Å². The van der Waals surface area contributed by atoms with Crippen molar-refractivity contribution >= 4 is 23.4 Å². The first kappa shape index (κ1) is 14.8. The van der Waals surface area contributed by atoms with Gasteiger partial charge in [-0.2, -0.15) is 0 Å². The van der Waals surface area contributed by atoms with Gasteiger partial charge in [-0.3, -0.25) is 4.90 Å². The molecule has 2 aromatic rings. The zero-order chi connectivity index (χ0) is 15.7. The lowest BCUT2D eigenvalue weighted by atomic mass is 10.2. The molecule has 1 aromatic heterocycles. The fourth-order valence-corrected chi connectivity index (χ4v) is 2.43. The van der Waals surface area contributed by atoms with Crippen LogP contribution in [0.25, 0.3) is 5.69 Å². The third-order valence-electron chi connectivity index (χ3n) is 3.43. The van der Waals surface area contributed by atoms with Gasteiger partial charge in [0.1, 0.15) is 11.9 Å². The predicted molar refractivity (Wildman–Crippen MR) is 79.7 cm³/mol. The summed E-state index contributed by atoms with van der Waals surface area (Å²) in [6, 6.07) is 4.52. The van der Waals surface area contributed by atoms with Crippen molar-refractivity contribution in [3.63, 3.8) is 0 Å². The minimum Gasteiger partial charge on any atom is -0.443 e. The summed E-state index contributed by atoms with van der Waals surface area (Å²) >= 11 is 5.68. The van der Waals surface area contributed by atoms with Gasteiger partial charge >= 0.3 is 6.09 Å². The molecular formula is C14H14ClFN4O2. The Morgan fingerprint density at radius 1 is 1.50 bits per heavy atom. The maximum Gasteiger partial charge on any atom is 0.414 e. The Kier molecular flexibility index (Phi) is 4.00. The van der Waals surface area contributed by atoms with Crippen molar-refractivity contribution in [1.29, 1.82) is 0 Å². The van der Waals surface area contributed by atoms with Crippen LogP contribution in [0.2, 0.25) is 0 Å². The van der Waals surface area contributed by atoms with Gasteiger partial charge in [0.05, 0.1) is 35.8 Å². The molecular weight excluding hydrogens is 311 g/mol. The highest BCUT2D eigenvalue weighted by Gasteiger charge is 2.31. The van der Waals surface area contributed by atoms with Crippen LogP contribution in [0.15, 0.2) is 30.7 Å². The third kappa shape index (κ3) is 2.65. The normalized spacial score (nSPS) is 17.9. The third-order valence-corrected chi connectivity index (χ3v) is 3.70. The standard InChI is InChI=1S/C14H14ClFN4O2/c15-4-9-6-19(8-18-9)13-2-1-10(3-12(13)16)20-7-11(5-17)22-14(20)21/h1-3,6,8,11H,4-5,7,17H2. The Bertz CT molecular complexity index is 706. The zero-order valence-electron chi connectivity index (χ0n) is 11.6. The predicted octanol–water partition coefficient (Wildman–Crippen LogP) is 2.03. The lowest BCUT2D eigenvalue weighted by Gasteiger charge is -2.14. The SMILES string of the molecule is NCC1CN(c2ccc(-n3cnc(CCl)c3)c(F)c2)C(=O)O1. The number of alkyl halides is 1. The number of nitrogens with zero attached hydrogens (tertiary/aromatic N) is 3. The summed E-state index contributed by atoms with van der Waals surface area (Å²) in [5.41, 5.74) is 6.89. The first-order chi connectivity index (χ1) is 10.6. The molecule has 116 valence electrons. The molecule has 1 saturated heterocycles. The molecule has 1 amide bonds. The van der Waals surface area contributed by atoms with E-state index in [1.807, 2.05) is 0 Å². The summed E-state index contributed by atoms with van der Waals surface area (Å²) in [4.78, 5) is 17.2. The minimum absolute atomic E-state index is 0.235. The first-order valence-electron chi connectivity index (χ1n) is 6.69. The highest BCUT2D eigenvalue weighted by molar-refractivity contribution is 6.16. The number of hydrogen-bond donors (Lipinski definition) is 1. The van der Waals surface area contributed by atoms with Crippen LogP contribution in [0.5, 0.6) is 0 Å².